The zero-order valence-corrected chi connectivity index (χ0v) is 20.0. The highest BCUT2D eigenvalue weighted by atomic mass is 15.1. The highest BCUT2D eigenvalue weighted by Gasteiger charge is 2.59. The molecule has 1 aromatic carbocycles. The molecule has 2 heterocycles. The van der Waals surface area contributed by atoms with Crippen molar-refractivity contribution >= 4 is 0 Å². The lowest BCUT2D eigenvalue weighted by molar-refractivity contribution is -0.774. The maximum Gasteiger partial charge on any atom is 0.287 e. The molecule has 0 spiro atoms. The minimum absolute atomic E-state index is 0.180. The second-order valence-corrected chi connectivity index (χ2v) is 12.3. The molecule has 32 heavy (non-hydrogen) atoms. The van der Waals surface area contributed by atoms with E-state index in [1.807, 2.05) is 0 Å². The van der Waals surface area contributed by atoms with Gasteiger partial charge in [-0.3, -0.25) is 0 Å². The minimum Gasteiger partial charge on any atom is -0.223 e. The van der Waals surface area contributed by atoms with Gasteiger partial charge < -0.3 is 0 Å². The first-order valence-electron chi connectivity index (χ1n) is 13.7. The van der Waals surface area contributed by atoms with Gasteiger partial charge in [-0.25, -0.2) is 4.57 Å². The van der Waals surface area contributed by atoms with E-state index in [0.717, 1.165) is 23.7 Å². The summed E-state index contributed by atoms with van der Waals surface area (Å²) in [6.45, 7) is 4.95. The highest BCUT2D eigenvalue weighted by molar-refractivity contribution is 5.66. The number of hydrogen-bond donors (Lipinski definition) is 0. The lowest BCUT2D eigenvalue weighted by Crippen LogP contribution is -2.70. The molecule has 7 atom stereocenters. The molecule has 2 aromatic rings. The second-order valence-electron chi connectivity index (χ2n) is 12.3. The molecule has 2 heteroatoms. The van der Waals surface area contributed by atoms with Crippen molar-refractivity contribution < 1.29 is 4.57 Å². The predicted octanol–water partition coefficient (Wildman–Crippen LogP) is 6.92. The van der Waals surface area contributed by atoms with E-state index in [1.165, 1.54) is 87.6 Å². The Bertz CT molecular complexity index is 1050. The summed E-state index contributed by atoms with van der Waals surface area (Å²) in [5, 5.41) is 0. The van der Waals surface area contributed by atoms with Crippen LogP contribution in [-0.4, -0.2) is 4.98 Å². The molecule has 4 aliphatic carbocycles. The average molecular weight is 428 g/mol. The van der Waals surface area contributed by atoms with E-state index in [2.05, 4.69) is 55.1 Å². The largest absolute Gasteiger partial charge is 0.287 e. The van der Waals surface area contributed by atoms with E-state index in [1.54, 1.807) is 5.56 Å². The number of fused-ring (bicyclic) bond motifs is 12. The summed E-state index contributed by atoms with van der Waals surface area (Å²) in [7, 11) is 0. The molecular weight excluding hydrogens is 388 g/mol. The molecule has 4 fully saturated rings. The molecule has 7 unspecified atom stereocenters. The lowest BCUT2D eigenvalue weighted by atomic mass is 9.54. The van der Waals surface area contributed by atoms with Crippen LogP contribution in [0.2, 0.25) is 0 Å². The Hall–Kier alpha value is -1.70. The Kier molecular flexibility index (Phi) is 4.26. The monoisotopic (exact) mass is 427 g/mol. The first-order chi connectivity index (χ1) is 15.6. The van der Waals surface area contributed by atoms with Crippen LogP contribution in [0.4, 0.5) is 0 Å². The number of hydrogen-bond acceptors (Lipinski definition) is 1. The summed E-state index contributed by atoms with van der Waals surface area (Å²) in [4.78, 5) is 5.30. The second kappa shape index (κ2) is 6.90. The van der Waals surface area contributed by atoms with E-state index in [9.17, 15) is 0 Å². The predicted molar refractivity (Wildman–Crippen MR) is 128 cm³/mol. The molecule has 0 saturated heterocycles. The topological polar surface area (TPSA) is 16.8 Å². The van der Waals surface area contributed by atoms with Crippen LogP contribution in [0.3, 0.4) is 0 Å². The summed E-state index contributed by atoms with van der Waals surface area (Å²) in [5.41, 5.74) is 6.35. The van der Waals surface area contributed by atoms with E-state index in [4.69, 9.17) is 4.98 Å². The normalized spacial score (nSPS) is 41.1. The standard InChI is InChI=1S/C30H39N2/c1-3-12-30-14-7-6-13-29(30,2)26-9-5-4-8-23(26)28-18-27(31-19-32(28)30)25-17-22-16-24(25)21-11-10-20(22)15-21/h4-5,8-9,18-22,24-25H,3,6-7,10-17H2,1-2H3/q+1. The zero-order valence-electron chi connectivity index (χ0n) is 20.0. The Morgan fingerprint density at radius 2 is 1.84 bits per heavy atom. The van der Waals surface area contributed by atoms with Crippen LogP contribution in [-0.2, 0) is 11.0 Å². The van der Waals surface area contributed by atoms with Gasteiger partial charge in [-0.2, -0.15) is 0 Å². The maximum absolute atomic E-state index is 5.30. The third kappa shape index (κ3) is 2.42. The number of aromatic nitrogens is 2. The number of benzene rings is 1. The van der Waals surface area contributed by atoms with Gasteiger partial charge in [-0.05, 0) is 87.0 Å². The number of nitrogens with zero attached hydrogens (tertiary/aromatic N) is 2. The van der Waals surface area contributed by atoms with Gasteiger partial charge in [-0.1, -0.05) is 55.9 Å². The summed E-state index contributed by atoms with van der Waals surface area (Å²) in [6, 6.07) is 11.9. The molecule has 1 aliphatic heterocycles. The zero-order chi connectivity index (χ0) is 21.5. The van der Waals surface area contributed by atoms with Gasteiger partial charge in [0.15, 0.2) is 5.69 Å². The third-order valence-electron chi connectivity index (χ3n) is 11.1. The summed E-state index contributed by atoms with van der Waals surface area (Å²) >= 11 is 0. The van der Waals surface area contributed by atoms with Crippen molar-refractivity contribution in [1.29, 1.82) is 0 Å². The Morgan fingerprint density at radius 3 is 2.75 bits per heavy atom. The third-order valence-corrected chi connectivity index (χ3v) is 11.1. The van der Waals surface area contributed by atoms with E-state index < -0.39 is 0 Å². The fraction of sp³-hybridized carbons (Fsp3) is 0.667. The Morgan fingerprint density at radius 1 is 1.00 bits per heavy atom. The molecule has 1 aromatic heterocycles. The summed E-state index contributed by atoms with van der Waals surface area (Å²) in [5.74, 6) is 4.60. The van der Waals surface area contributed by atoms with E-state index in [-0.39, 0.29) is 11.0 Å². The van der Waals surface area contributed by atoms with E-state index >= 15 is 0 Å². The van der Waals surface area contributed by atoms with Crippen molar-refractivity contribution in [1.82, 2.24) is 4.98 Å². The first kappa shape index (κ1) is 19.7. The van der Waals surface area contributed by atoms with Gasteiger partial charge in [0.2, 0.25) is 0 Å². The minimum atomic E-state index is 0.180. The number of rotatable bonds is 3. The van der Waals surface area contributed by atoms with Crippen molar-refractivity contribution in [3.63, 3.8) is 0 Å². The first-order valence-corrected chi connectivity index (χ1v) is 13.7. The molecular formula is C30H39N2+. The molecule has 5 aliphatic rings. The van der Waals surface area contributed by atoms with Crippen LogP contribution in [0.15, 0.2) is 36.7 Å². The van der Waals surface area contributed by atoms with Crippen molar-refractivity contribution in [2.24, 2.45) is 23.7 Å². The summed E-state index contributed by atoms with van der Waals surface area (Å²) < 4.78 is 2.68. The van der Waals surface area contributed by atoms with Gasteiger partial charge in [-0.15, -0.1) is 0 Å². The van der Waals surface area contributed by atoms with Crippen LogP contribution >= 0.6 is 0 Å². The molecule has 0 amide bonds. The van der Waals surface area contributed by atoms with Crippen LogP contribution in [0, 0.1) is 23.7 Å². The fourth-order valence-electron chi connectivity index (χ4n) is 9.71. The Balaban J connectivity index is 1.39. The quantitative estimate of drug-likeness (QED) is 0.486. The fourth-order valence-corrected chi connectivity index (χ4v) is 9.71. The van der Waals surface area contributed by atoms with Crippen LogP contribution in [0.5, 0.6) is 0 Å². The average Bonchev–Trinajstić information content (AvgIpc) is 3.40. The van der Waals surface area contributed by atoms with E-state index in [0.29, 0.717) is 5.92 Å². The molecule has 2 nitrogen and oxygen atoms in total. The smallest absolute Gasteiger partial charge is 0.223 e. The van der Waals surface area contributed by atoms with Crippen LogP contribution in [0.25, 0.3) is 11.3 Å². The molecule has 7 rings (SSSR count). The maximum atomic E-state index is 5.30. The molecule has 4 bridgehead atoms. The van der Waals surface area contributed by atoms with Crippen molar-refractivity contribution in [2.75, 3.05) is 0 Å². The van der Waals surface area contributed by atoms with Crippen LogP contribution < -0.4 is 4.57 Å². The highest BCUT2D eigenvalue weighted by Crippen LogP contribution is 2.61. The SMILES string of the molecule is CCCC12CCCCC1(C)c1ccccc1-c1cc(C3CC4CC3C3CCC4C3)nc[n+]12. The van der Waals surface area contributed by atoms with Gasteiger partial charge in [0.05, 0.1) is 0 Å². The molecule has 0 radical (unpaired) electrons. The van der Waals surface area contributed by atoms with Gasteiger partial charge >= 0.3 is 0 Å². The Labute approximate surface area is 193 Å². The molecule has 168 valence electrons. The van der Waals surface area contributed by atoms with Crippen molar-refractivity contribution in [3.05, 3.63) is 47.9 Å². The van der Waals surface area contributed by atoms with Crippen LogP contribution in [0.1, 0.15) is 102 Å². The van der Waals surface area contributed by atoms with Gasteiger partial charge in [0.25, 0.3) is 6.33 Å². The lowest BCUT2D eigenvalue weighted by Gasteiger charge is -2.53. The molecule has 4 saturated carbocycles. The van der Waals surface area contributed by atoms with Crippen molar-refractivity contribution in [3.8, 4) is 11.3 Å². The summed E-state index contributed by atoms with van der Waals surface area (Å²) in [6.07, 6.45) is 17.5. The van der Waals surface area contributed by atoms with Gasteiger partial charge in [0, 0.05) is 23.0 Å². The van der Waals surface area contributed by atoms with Crippen molar-refractivity contribution in [2.45, 2.75) is 101 Å². The molecule has 0 N–H and O–H groups in total. The van der Waals surface area contributed by atoms with Gasteiger partial charge in [0.1, 0.15) is 11.2 Å².